The van der Waals surface area contributed by atoms with Gasteiger partial charge in [-0.2, -0.15) is 0 Å². The molecule has 3 rings (SSSR count). The zero-order valence-corrected chi connectivity index (χ0v) is 17.2. The van der Waals surface area contributed by atoms with Crippen LogP contribution in [0.4, 0.5) is 5.69 Å². The number of rotatable bonds is 4. The number of pyridine rings is 1. The lowest BCUT2D eigenvalue weighted by molar-refractivity contribution is -0.143. The summed E-state index contributed by atoms with van der Waals surface area (Å²) in [4.78, 5) is 32.9. The SMILES string of the molecule is CCC1CCCCN1C(=O)C(C)OC(=O)c1sc2nc(C)cc(C)c2c1N. The van der Waals surface area contributed by atoms with Crippen LogP contribution in [0.1, 0.15) is 60.5 Å². The monoisotopic (exact) mass is 389 g/mol. The number of hydrogen-bond donors (Lipinski definition) is 1. The lowest BCUT2D eigenvalue weighted by Gasteiger charge is -2.36. The van der Waals surface area contributed by atoms with Gasteiger partial charge in [-0.25, -0.2) is 9.78 Å². The Kier molecular flexibility index (Phi) is 5.69. The summed E-state index contributed by atoms with van der Waals surface area (Å²) in [5.74, 6) is -0.682. The van der Waals surface area contributed by atoms with Crippen molar-refractivity contribution >= 4 is 39.1 Å². The number of thiophene rings is 1. The zero-order valence-electron chi connectivity index (χ0n) is 16.4. The first kappa shape index (κ1) is 19.6. The van der Waals surface area contributed by atoms with Gasteiger partial charge in [-0.3, -0.25) is 4.79 Å². The molecule has 0 spiro atoms. The molecule has 0 radical (unpaired) electrons. The number of carbonyl (C=O) groups is 2. The molecule has 3 heterocycles. The second-order valence-electron chi connectivity index (χ2n) is 7.24. The first-order valence-electron chi connectivity index (χ1n) is 9.51. The highest BCUT2D eigenvalue weighted by molar-refractivity contribution is 7.21. The number of fused-ring (bicyclic) bond motifs is 1. The van der Waals surface area contributed by atoms with Gasteiger partial charge in [0.2, 0.25) is 0 Å². The Morgan fingerprint density at radius 3 is 2.85 bits per heavy atom. The number of aryl methyl sites for hydroxylation is 2. The second kappa shape index (κ2) is 7.84. The predicted molar refractivity (Wildman–Crippen MR) is 108 cm³/mol. The molecule has 27 heavy (non-hydrogen) atoms. The van der Waals surface area contributed by atoms with Crippen LogP contribution in [0, 0.1) is 13.8 Å². The molecule has 0 aliphatic carbocycles. The Bertz CT molecular complexity index is 877. The standard InChI is InChI=1S/C20H27N3O3S/c1-5-14-8-6-7-9-23(14)19(24)13(4)26-20(25)17-16(21)15-11(2)10-12(3)22-18(15)27-17/h10,13-14H,5-9,21H2,1-4H3. The average molecular weight is 390 g/mol. The molecule has 1 aliphatic rings. The smallest absolute Gasteiger partial charge is 0.351 e. The number of anilines is 1. The van der Waals surface area contributed by atoms with Crippen LogP contribution in [-0.4, -0.2) is 40.5 Å². The molecule has 7 heteroatoms. The maximum Gasteiger partial charge on any atom is 0.351 e. The van der Waals surface area contributed by atoms with Gasteiger partial charge in [-0.05, 0) is 58.1 Å². The van der Waals surface area contributed by atoms with Gasteiger partial charge in [-0.1, -0.05) is 6.92 Å². The third-order valence-electron chi connectivity index (χ3n) is 5.22. The van der Waals surface area contributed by atoms with Crippen molar-refractivity contribution in [1.82, 2.24) is 9.88 Å². The van der Waals surface area contributed by atoms with Crippen molar-refractivity contribution in [2.24, 2.45) is 0 Å². The Labute approximate surface area is 163 Å². The zero-order chi connectivity index (χ0) is 19.7. The first-order valence-corrected chi connectivity index (χ1v) is 10.3. The van der Waals surface area contributed by atoms with E-state index in [1.807, 2.05) is 24.8 Å². The predicted octanol–water partition coefficient (Wildman–Crippen LogP) is 3.83. The molecular formula is C20H27N3O3S. The van der Waals surface area contributed by atoms with Gasteiger partial charge in [0.1, 0.15) is 9.71 Å². The summed E-state index contributed by atoms with van der Waals surface area (Å²) in [5.41, 5.74) is 8.44. The quantitative estimate of drug-likeness (QED) is 0.803. The molecule has 0 bridgehead atoms. The summed E-state index contributed by atoms with van der Waals surface area (Å²) < 4.78 is 5.50. The minimum Gasteiger partial charge on any atom is -0.448 e. The van der Waals surface area contributed by atoms with E-state index in [9.17, 15) is 9.59 Å². The number of aromatic nitrogens is 1. The van der Waals surface area contributed by atoms with Crippen molar-refractivity contribution in [3.8, 4) is 0 Å². The summed E-state index contributed by atoms with van der Waals surface area (Å²) in [6.45, 7) is 8.31. The van der Waals surface area contributed by atoms with E-state index in [4.69, 9.17) is 10.5 Å². The fourth-order valence-electron chi connectivity index (χ4n) is 3.83. The number of esters is 1. The lowest BCUT2D eigenvalue weighted by atomic mass is 9.99. The fourth-order valence-corrected chi connectivity index (χ4v) is 4.93. The summed E-state index contributed by atoms with van der Waals surface area (Å²) in [6.07, 6.45) is 3.23. The maximum atomic E-state index is 12.8. The maximum absolute atomic E-state index is 12.8. The Hall–Kier alpha value is -2.15. The van der Waals surface area contributed by atoms with E-state index in [1.54, 1.807) is 6.92 Å². The van der Waals surface area contributed by atoms with Crippen LogP contribution in [0.25, 0.3) is 10.2 Å². The van der Waals surface area contributed by atoms with Gasteiger partial charge in [0.15, 0.2) is 6.10 Å². The van der Waals surface area contributed by atoms with Gasteiger partial charge >= 0.3 is 5.97 Å². The van der Waals surface area contributed by atoms with E-state index in [1.165, 1.54) is 11.3 Å². The average Bonchev–Trinajstić information content (AvgIpc) is 2.97. The van der Waals surface area contributed by atoms with Crippen molar-refractivity contribution in [3.63, 3.8) is 0 Å². The van der Waals surface area contributed by atoms with Crippen molar-refractivity contribution in [2.75, 3.05) is 12.3 Å². The summed E-state index contributed by atoms with van der Waals surface area (Å²) in [6, 6.07) is 2.17. The second-order valence-corrected chi connectivity index (χ2v) is 8.24. The number of likely N-dealkylation sites (tertiary alicyclic amines) is 1. The van der Waals surface area contributed by atoms with E-state index < -0.39 is 12.1 Å². The van der Waals surface area contributed by atoms with Gasteiger partial charge in [0.25, 0.3) is 5.91 Å². The number of hydrogen-bond acceptors (Lipinski definition) is 6. The van der Waals surface area contributed by atoms with Crippen LogP contribution in [0.5, 0.6) is 0 Å². The van der Waals surface area contributed by atoms with Gasteiger partial charge in [-0.15, -0.1) is 11.3 Å². The first-order chi connectivity index (χ1) is 12.8. The van der Waals surface area contributed by atoms with Crippen molar-refractivity contribution in [1.29, 1.82) is 0 Å². The van der Waals surface area contributed by atoms with E-state index in [0.717, 1.165) is 53.7 Å². The number of ether oxygens (including phenoxy) is 1. The van der Waals surface area contributed by atoms with Crippen LogP contribution in [0.15, 0.2) is 6.07 Å². The van der Waals surface area contributed by atoms with Gasteiger partial charge in [0, 0.05) is 23.7 Å². The molecule has 0 aromatic carbocycles. The fraction of sp³-hybridized carbons (Fsp3) is 0.550. The number of piperidine rings is 1. The van der Waals surface area contributed by atoms with Crippen LogP contribution in [0.2, 0.25) is 0 Å². The van der Waals surface area contributed by atoms with E-state index in [0.29, 0.717) is 10.6 Å². The van der Waals surface area contributed by atoms with Crippen LogP contribution < -0.4 is 5.73 Å². The molecule has 2 atom stereocenters. The highest BCUT2D eigenvalue weighted by atomic mass is 32.1. The van der Waals surface area contributed by atoms with Crippen LogP contribution >= 0.6 is 11.3 Å². The van der Waals surface area contributed by atoms with Crippen LogP contribution in [-0.2, 0) is 9.53 Å². The number of nitrogen functional groups attached to an aromatic ring is 1. The van der Waals surface area contributed by atoms with E-state index >= 15 is 0 Å². The number of carbonyl (C=O) groups excluding carboxylic acids is 2. The highest BCUT2D eigenvalue weighted by Crippen LogP contribution is 2.35. The summed E-state index contributed by atoms with van der Waals surface area (Å²) in [7, 11) is 0. The lowest BCUT2D eigenvalue weighted by Crippen LogP contribution is -2.48. The molecule has 2 aromatic heterocycles. The topological polar surface area (TPSA) is 85.5 Å². The summed E-state index contributed by atoms with van der Waals surface area (Å²) >= 11 is 1.22. The van der Waals surface area contributed by atoms with E-state index in [2.05, 4.69) is 11.9 Å². The minimum atomic E-state index is -0.829. The minimum absolute atomic E-state index is 0.125. The van der Waals surface area contributed by atoms with Crippen LogP contribution in [0.3, 0.4) is 0 Å². The van der Waals surface area contributed by atoms with Crippen molar-refractivity contribution in [3.05, 3.63) is 22.2 Å². The molecular weight excluding hydrogens is 362 g/mol. The molecule has 6 nitrogen and oxygen atoms in total. The normalized spacial score (nSPS) is 18.5. The molecule has 1 fully saturated rings. The van der Waals surface area contributed by atoms with Crippen molar-refractivity contribution < 1.29 is 14.3 Å². The third kappa shape index (κ3) is 3.78. The number of amides is 1. The molecule has 1 saturated heterocycles. The molecule has 1 amide bonds. The molecule has 2 aromatic rings. The molecule has 0 saturated carbocycles. The Morgan fingerprint density at radius 1 is 1.41 bits per heavy atom. The molecule has 2 N–H and O–H groups in total. The third-order valence-corrected chi connectivity index (χ3v) is 6.30. The Morgan fingerprint density at radius 2 is 2.15 bits per heavy atom. The largest absolute Gasteiger partial charge is 0.448 e. The summed E-state index contributed by atoms with van der Waals surface area (Å²) in [5, 5.41) is 0.790. The Balaban J connectivity index is 1.78. The molecule has 2 unspecified atom stereocenters. The molecule has 146 valence electrons. The molecule has 1 aliphatic heterocycles. The van der Waals surface area contributed by atoms with E-state index in [-0.39, 0.29) is 11.9 Å². The van der Waals surface area contributed by atoms with Gasteiger partial charge in [0.05, 0.1) is 5.69 Å². The highest BCUT2D eigenvalue weighted by Gasteiger charge is 2.31. The van der Waals surface area contributed by atoms with Gasteiger partial charge < -0.3 is 15.4 Å². The van der Waals surface area contributed by atoms with Crippen molar-refractivity contribution in [2.45, 2.75) is 65.5 Å². The number of nitrogens with zero attached hydrogens (tertiary/aromatic N) is 2. The number of nitrogens with two attached hydrogens (primary N) is 1.